The lowest BCUT2D eigenvalue weighted by Crippen LogP contribution is -2.29. The van der Waals surface area contributed by atoms with Crippen LogP contribution >= 0.6 is 12.2 Å². The molecule has 3 heteroatoms. The normalized spacial score (nSPS) is 10.9. The van der Waals surface area contributed by atoms with Gasteiger partial charge in [-0.05, 0) is 18.6 Å². The summed E-state index contributed by atoms with van der Waals surface area (Å²) in [5.74, 6) is 0. The van der Waals surface area contributed by atoms with Gasteiger partial charge in [-0.3, -0.25) is 0 Å². The van der Waals surface area contributed by atoms with Crippen molar-refractivity contribution in [2.45, 2.75) is 129 Å². The second kappa shape index (κ2) is 21.7. The van der Waals surface area contributed by atoms with Crippen molar-refractivity contribution in [2.24, 2.45) is 5.73 Å². The summed E-state index contributed by atoms with van der Waals surface area (Å²) >= 11 is 4.78. The van der Waals surface area contributed by atoms with E-state index in [1.54, 1.807) is 0 Å². The molecule has 0 aromatic rings. The third kappa shape index (κ3) is 23.7. The summed E-state index contributed by atoms with van der Waals surface area (Å²) in [6.45, 7) is 3.23. The SMILES string of the molecule is CCCCCCCCCCCCCCCCCCCCCNC(N)=S. The monoisotopic (exact) mass is 370 g/mol. The molecule has 0 aliphatic carbocycles. The summed E-state index contributed by atoms with van der Waals surface area (Å²) in [6.07, 6.45) is 27.0. The van der Waals surface area contributed by atoms with Gasteiger partial charge in [-0.15, -0.1) is 0 Å². The van der Waals surface area contributed by atoms with Crippen LogP contribution < -0.4 is 11.1 Å². The standard InChI is InChI=1S/C22H46N2S/c1-2-3-4-5-6-7-8-9-10-11-12-13-14-15-16-17-18-19-20-21-24-22(23)25/h2-21H2,1H3,(H3,23,24,25). The van der Waals surface area contributed by atoms with Gasteiger partial charge < -0.3 is 11.1 Å². The van der Waals surface area contributed by atoms with E-state index in [0.29, 0.717) is 5.11 Å². The molecule has 0 unspecified atom stereocenters. The van der Waals surface area contributed by atoms with E-state index in [4.69, 9.17) is 18.0 Å². The zero-order valence-electron chi connectivity index (χ0n) is 17.1. The highest BCUT2D eigenvalue weighted by Gasteiger charge is 1.95. The molecule has 0 fully saturated rings. The zero-order chi connectivity index (χ0) is 18.4. The van der Waals surface area contributed by atoms with Gasteiger partial charge in [0.15, 0.2) is 5.11 Å². The fraction of sp³-hybridized carbons (Fsp3) is 0.955. The predicted molar refractivity (Wildman–Crippen MR) is 118 cm³/mol. The van der Waals surface area contributed by atoms with E-state index in [1.165, 1.54) is 122 Å². The lowest BCUT2D eigenvalue weighted by molar-refractivity contribution is 0.523. The van der Waals surface area contributed by atoms with Gasteiger partial charge in [0.1, 0.15) is 0 Å². The van der Waals surface area contributed by atoms with Crippen molar-refractivity contribution >= 4 is 17.3 Å². The molecule has 0 rings (SSSR count). The van der Waals surface area contributed by atoms with Crippen molar-refractivity contribution in [1.29, 1.82) is 0 Å². The number of nitrogens with two attached hydrogens (primary N) is 1. The second-order valence-electron chi connectivity index (χ2n) is 7.65. The van der Waals surface area contributed by atoms with E-state index in [2.05, 4.69) is 12.2 Å². The maximum Gasteiger partial charge on any atom is 0.163 e. The quantitative estimate of drug-likeness (QED) is 0.175. The van der Waals surface area contributed by atoms with E-state index in [9.17, 15) is 0 Å². The topological polar surface area (TPSA) is 38.0 Å². The zero-order valence-corrected chi connectivity index (χ0v) is 17.9. The predicted octanol–water partition coefficient (Wildman–Crippen LogP) is 7.25. The van der Waals surface area contributed by atoms with Crippen LogP contribution in [0.1, 0.15) is 129 Å². The molecule has 0 atom stereocenters. The lowest BCUT2D eigenvalue weighted by atomic mass is 10.0. The van der Waals surface area contributed by atoms with Crippen molar-refractivity contribution in [1.82, 2.24) is 5.32 Å². The van der Waals surface area contributed by atoms with Crippen molar-refractivity contribution in [3.05, 3.63) is 0 Å². The molecule has 0 amide bonds. The van der Waals surface area contributed by atoms with Crippen LogP contribution in [0.25, 0.3) is 0 Å². The van der Waals surface area contributed by atoms with Crippen molar-refractivity contribution in [2.75, 3.05) is 6.54 Å². The number of thiocarbonyl (C=S) groups is 1. The molecule has 0 aliphatic rings. The van der Waals surface area contributed by atoms with Gasteiger partial charge >= 0.3 is 0 Å². The smallest absolute Gasteiger partial charge is 0.163 e. The molecule has 2 nitrogen and oxygen atoms in total. The van der Waals surface area contributed by atoms with Gasteiger partial charge in [0.2, 0.25) is 0 Å². The number of hydrogen-bond donors (Lipinski definition) is 2. The molecule has 0 radical (unpaired) electrons. The summed E-state index contributed by atoms with van der Waals surface area (Å²) < 4.78 is 0. The summed E-state index contributed by atoms with van der Waals surface area (Å²) in [5, 5.41) is 3.44. The maximum absolute atomic E-state index is 5.39. The first-order valence-electron chi connectivity index (χ1n) is 11.3. The molecule has 0 saturated heterocycles. The molecule has 0 aliphatic heterocycles. The lowest BCUT2D eigenvalue weighted by Gasteiger charge is -2.04. The molecule has 0 saturated carbocycles. The van der Waals surface area contributed by atoms with Crippen molar-refractivity contribution in [3.63, 3.8) is 0 Å². The Morgan fingerprint density at radius 3 is 1.12 bits per heavy atom. The molecule has 150 valence electrons. The number of unbranched alkanes of at least 4 members (excludes halogenated alkanes) is 18. The van der Waals surface area contributed by atoms with Gasteiger partial charge in [-0.25, -0.2) is 0 Å². The maximum atomic E-state index is 5.39. The minimum absolute atomic E-state index is 0.433. The fourth-order valence-corrected chi connectivity index (χ4v) is 3.52. The average molecular weight is 371 g/mol. The molecule has 0 heterocycles. The molecule has 25 heavy (non-hydrogen) atoms. The largest absolute Gasteiger partial charge is 0.376 e. The highest BCUT2D eigenvalue weighted by atomic mass is 32.1. The Kier molecular flexibility index (Phi) is 21.5. The molecule has 0 spiro atoms. The van der Waals surface area contributed by atoms with Crippen LogP contribution in [0.15, 0.2) is 0 Å². The molecule has 0 bridgehead atoms. The molecule has 3 N–H and O–H groups in total. The number of rotatable bonds is 20. The average Bonchev–Trinajstić information content (AvgIpc) is 2.60. The second-order valence-corrected chi connectivity index (χ2v) is 8.09. The van der Waals surface area contributed by atoms with Crippen LogP contribution in [0.5, 0.6) is 0 Å². The number of nitrogens with one attached hydrogen (secondary N) is 1. The number of hydrogen-bond acceptors (Lipinski definition) is 1. The van der Waals surface area contributed by atoms with Crippen LogP contribution in [0.3, 0.4) is 0 Å². The van der Waals surface area contributed by atoms with Gasteiger partial charge in [-0.1, -0.05) is 122 Å². The van der Waals surface area contributed by atoms with Crippen molar-refractivity contribution < 1.29 is 0 Å². The third-order valence-electron chi connectivity index (χ3n) is 5.08. The highest BCUT2D eigenvalue weighted by molar-refractivity contribution is 7.80. The Balaban J connectivity index is 2.97. The van der Waals surface area contributed by atoms with Crippen LogP contribution in [-0.4, -0.2) is 11.7 Å². The van der Waals surface area contributed by atoms with Gasteiger partial charge in [0.25, 0.3) is 0 Å². The van der Waals surface area contributed by atoms with Crippen LogP contribution in [0, 0.1) is 0 Å². The van der Waals surface area contributed by atoms with Gasteiger partial charge in [0, 0.05) is 6.54 Å². The van der Waals surface area contributed by atoms with E-state index in [-0.39, 0.29) is 0 Å². The molecule has 0 aromatic heterocycles. The summed E-state index contributed by atoms with van der Waals surface area (Å²) in [5.41, 5.74) is 5.39. The van der Waals surface area contributed by atoms with E-state index in [1.807, 2.05) is 0 Å². The first kappa shape index (κ1) is 24.7. The Hall–Kier alpha value is -0.310. The van der Waals surface area contributed by atoms with E-state index < -0.39 is 0 Å². The van der Waals surface area contributed by atoms with Crippen LogP contribution in [0.4, 0.5) is 0 Å². The molecular weight excluding hydrogens is 324 g/mol. The van der Waals surface area contributed by atoms with Crippen LogP contribution in [0.2, 0.25) is 0 Å². The van der Waals surface area contributed by atoms with Gasteiger partial charge in [0.05, 0.1) is 0 Å². The minimum atomic E-state index is 0.433. The summed E-state index contributed by atoms with van der Waals surface area (Å²) in [4.78, 5) is 0. The fourth-order valence-electron chi connectivity index (χ4n) is 3.42. The Bertz CT molecular complexity index is 269. The van der Waals surface area contributed by atoms with E-state index >= 15 is 0 Å². The summed E-state index contributed by atoms with van der Waals surface area (Å²) in [7, 11) is 0. The Morgan fingerprint density at radius 2 is 0.840 bits per heavy atom. The van der Waals surface area contributed by atoms with E-state index in [0.717, 1.165) is 6.54 Å². The molecule has 0 aromatic carbocycles. The molecular formula is C22H46N2S. The van der Waals surface area contributed by atoms with Crippen LogP contribution in [-0.2, 0) is 0 Å². The third-order valence-corrected chi connectivity index (χ3v) is 5.22. The van der Waals surface area contributed by atoms with Crippen molar-refractivity contribution in [3.8, 4) is 0 Å². The summed E-state index contributed by atoms with van der Waals surface area (Å²) in [6, 6.07) is 0. The first-order valence-corrected chi connectivity index (χ1v) is 11.7. The minimum Gasteiger partial charge on any atom is -0.376 e. The van der Waals surface area contributed by atoms with Gasteiger partial charge in [-0.2, -0.15) is 0 Å². The Morgan fingerprint density at radius 1 is 0.560 bits per heavy atom. The first-order chi connectivity index (χ1) is 12.3. The highest BCUT2D eigenvalue weighted by Crippen LogP contribution is 2.14. The Labute approximate surface area is 164 Å².